The van der Waals surface area contributed by atoms with Crippen LogP contribution in [0.5, 0.6) is 0 Å². The van der Waals surface area contributed by atoms with Gasteiger partial charge in [0, 0.05) is 45.9 Å². The van der Waals surface area contributed by atoms with Crippen LogP contribution in [0.1, 0.15) is 25.6 Å². The zero-order valence-electron chi connectivity index (χ0n) is 15.2. The van der Waals surface area contributed by atoms with E-state index in [1.54, 1.807) is 0 Å². The zero-order chi connectivity index (χ0) is 17.5. The van der Waals surface area contributed by atoms with E-state index in [2.05, 4.69) is 34.4 Å². The summed E-state index contributed by atoms with van der Waals surface area (Å²) in [5.41, 5.74) is 0.873. The highest BCUT2D eigenvalue weighted by Gasteiger charge is 2.21. The van der Waals surface area contributed by atoms with Gasteiger partial charge in [0.2, 0.25) is 0 Å². The molecule has 2 aromatic heterocycles. The average molecular weight is 344 g/mol. The van der Waals surface area contributed by atoms with Crippen LogP contribution >= 0.6 is 0 Å². The molecule has 1 N–H and O–H groups in total. The van der Waals surface area contributed by atoms with E-state index in [0.29, 0.717) is 6.54 Å². The van der Waals surface area contributed by atoms with Crippen LogP contribution in [-0.4, -0.2) is 65.4 Å². The van der Waals surface area contributed by atoms with E-state index in [-0.39, 0.29) is 0 Å². The number of hydrogen-bond acceptors (Lipinski definition) is 4. The number of rotatable bonds is 9. The van der Waals surface area contributed by atoms with Crippen LogP contribution in [0, 0.1) is 5.92 Å². The first-order valence-corrected chi connectivity index (χ1v) is 9.13. The monoisotopic (exact) mass is 344 g/mol. The van der Waals surface area contributed by atoms with Crippen LogP contribution in [0.2, 0.25) is 0 Å². The van der Waals surface area contributed by atoms with E-state index in [0.717, 1.165) is 56.1 Å². The molecule has 0 amide bonds. The van der Waals surface area contributed by atoms with Gasteiger partial charge >= 0.3 is 0 Å². The largest absolute Gasteiger partial charge is 0.379 e. The van der Waals surface area contributed by atoms with Crippen molar-refractivity contribution in [3.63, 3.8) is 0 Å². The highest BCUT2D eigenvalue weighted by Crippen LogP contribution is 2.28. The summed E-state index contributed by atoms with van der Waals surface area (Å²) in [6, 6.07) is 5.91. The van der Waals surface area contributed by atoms with Crippen LogP contribution in [0.25, 0.3) is 5.65 Å². The predicted octanol–water partition coefficient (Wildman–Crippen LogP) is 1.60. The molecular formula is C18H28N6O. The Hall–Kier alpha value is -2.15. The minimum absolute atomic E-state index is 0.672. The fourth-order valence-corrected chi connectivity index (χ4v) is 2.63. The average Bonchev–Trinajstić information content (AvgIpc) is 3.37. The van der Waals surface area contributed by atoms with E-state index in [4.69, 9.17) is 9.73 Å². The summed E-state index contributed by atoms with van der Waals surface area (Å²) in [6.45, 7) is 6.09. The second-order valence-electron chi connectivity index (χ2n) is 6.47. The lowest BCUT2D eigenvalue weighted by Gasteiger charge is -2.22. The van der Waals surface area contributed by atoms with E-state index in [1.165, 1.54) is 12.8 Å². The van der Waals surface area contributed by atoms with Gasteiger partial charge < -0.3 is 15.0 Å². The number of ether oxygens (including phenoxy) is 1. The van der Waals surface area contributed by atoms with Gasteiger partial charge in [-0.2, -0.15) is 0 Å². The molecule has 0 bridgehead atoms. The van der Waals surface area contributed by atoms with Crippen molar-refractivity contribution in [2.75, 3.05) is 39.9 Å². The summed E-state index contributed by atoms with van der Waals surface area (Å²) in [5, 5.41) is 11.8. The lowest BCUT2D eigenvalue weighted by molar-refractivity contribution is 0.115. The van der Waals surface area contributed by atoms with Crippen LogP contribution in [-0.2, 0) is 11.2 Å². The number of aromatic nitrogens is 3. The molecule has 2 heterocycles. The second kappa shape index (κ2) is 8.80. The Morgan fingerprint density at radius 1 is 1.40 bits per heavy atom. The van der Waals surface area contributed by atoms with Crippen molar-refractivity contribution in [2.45, 2.75) is 26.2 Å². The van der Waals surface area contributed by atoms with E-state index >= 15 is 0 Å². The molecule has 25 heavy (non-hydrogen) atoms. The number of fused-ring (bicyclic) bond motifs is 1. The Morgan fingerprint density at radius 3 is 3.08 bits per heavy atom. The summed E-state index contributed by atoms with van der Waals surface area (Å²) in [5.74, 6) is 2.65. The molecular weight excluding hydrogens is 316 g/mol. The molecule has 136 valence electrons. The maximum absolute atomic E-state index is 5.72. The van der Waals surface area contributed by atoms with Crippen molar-refractivity contribution in [1.29, 1.82) is 0 Å². The summed E-state index contributed by atoms with van der Waals surface area (Å²) in [6.07, 6.45) is 5.41. The number of nitrogens with one attached hydrogen (secondary N) is 1. The molecule has 0 unspecified atom stereocenters. The molecule has 1 fully saturated rings. The van der Waals surface area contributed by atoms with Gasteiger partial charge in [-0.1, -0.05) is 6.07 Å². The lowest BCUT2D eigenvalue weighted by Crippen LogP contribution is -2.40. The fourth-order valence-electron chi connectivity index (χ4n) is 2.63. The van der Waals surface area contributed by atoms with Crippen molar-refractivity contribution in [2.24, 2.45) is 10.9 Å². The van der Waals surface area contributed by atoms with E-state index in [9.17, 15) is 0 Å². The van der Waals surface area contributed by atoms with Crippen molar-refractivity contribution in [3.05, 3.63) is 30.2 Å². The minimum atomic E-state index is 0.672. The normalized spacial score (nSPS) is 14.9. The standard InChI is InChI=1S/C18H28N6O/c1-3-19-18(23(2)12-13-25-14-15-7-8-15)20-10-9-17-22-21-16-6-4-5-11-24(16)17/h4-6,11,15H,3,7-10,12-14H2,1-2H3,(H,19,20). The molecule has 3 rings (SSSR count). The van der Waals surface area contributed by atoms with Gasteiger partial charge in [-0.05, 0) is 37.8 Å². The Bertz CT molecular complexity index is 694. The maximum Gasteiger partial charge on any atom is 0.193 e. The van der Waals surface area contributed by atoms with Crippen molar-refractivity contribution >= 4 is 11.6 Å². The predicted molar refractivity (Wildman–Crippen MR) is 98.8 cm³/mol. The van der Waals surface area contributed by atoms with Gasteiger partial charge in [0.1, 0.15) is 5.82 Å². The van der Waals surface area contributed by atoms with Gasteiger partial charge in [0.15, 0.2) is 11.6 Å². The highest BCUT2D eigenvalue weighted by molar-refractivity contribution is 5.79. The van der Waals surface area contributed by atoms with Crippen LogP contribution in [0.4, 0.5) is 0 Å². The SMILES string of the molecule is CCNC(=NCCc1nnc2ccccn12)N(C)CCOCC1CC1. The molecule has 7 nitrogen and oxygen atoms in total. The summed E-state index contributed by atoms with van der Waals surface area (Å²) < 4.78 is 7.73. The third-order valence-electron chi connectivity index (χ3n) is 4.30. The third-order valence-corrected chi connectivity index (χ3v) is 4.30. The first kappa shape index (κ1) is 17.7. The highest BCUT2D eigenvalue weighted by atomic mass is 16.5. The number of pyridine rings is 1. The fraction of sp³-hybridized carbons (Fsp3) is 0.611. The first-order valence-electron chi connectivity index (χ1n) is 9.13. The van der Waals surface area contributed by atoms with Crippen molar-refractivity contribution in [1.82, 2.24) is 24.8 Å². The van der Waals surface area contributed by atoms with E-state index < -0.39 is 0 Å². The number of nitrogens with zero attached hydrogens (tertiary/aromatic N) is 5. The van der Waals surface area contributed by atoms with Gasteiger partial charge in [0.25, 0.3) is 0 Å². The molecule has 0 aromatic carbocycles. The lowest BCUT2D eigenvalue weighted by atomic mass is 10.4. The van der Waals surface area contributed by atoms with E-state index in [1.807, 2.05) is 28.8 Å². The van der Waals surface area contributed by atoms with Crippen molar-refractivity contribution in [3.8, 4) is 0 Å². The molecule has 1 aliphatic rings. The number of hydrogen-bond donors (Lipinski definition) is 1. The van der Waals surface area contributed by atoms with Gasteiger partial charge in [-0.3, -0.25) is 9.39 Å². The zero-order valence-corrected chi connectivity index (χ0v) is 15.2. The smallest absolute Gasteiger partial charge is 0.193 e. The van der Waals surface area contributed by atoms with Gasteiger partial charge in [-0.25, -0.2) is 0 Å². The minimum Gasteiger partial charge on any atom is -0.379 e. The Balaban J connectivity index is 1.50. The van der Waals surface area contributed by atoms with Crippen molar-refractivity contribution < 1.29 is 4.74 Å². The molecule has 0 radical (unpaired) electrons. The summed E-state index contributed by atoms with van der Waals surface area (Å²) in [4.78, 5) is 6.84. The molecule has 0 saturated heterocycles. The first-order chi connectivity index (χ1) is 12.3. The van der Waals surface area contributed by atoms with Crippen LogP contribution in [0.15, 0.2) is 29.4 Å². The summed E-state index contributed by atoms with van der Waals surface area (Å²) >= 11 is 0. The third kappa shape index (κ3) is 5.16. The topological polar surface area (TPSA) is 67.0 Å². The Kier molecular flexibility index (Phi) is 6.22. The molecule has 1 aliphatic carbocycles. The molecule has 0 aliphatic heterocycles. The van der Waals surface area contributed by atoms with Gasteiger partial charge in [0.05, 0.1) is 6.61 Å². The second-order valence-corrected chi connectivity index (χ2v) is 6.47. The Morgan fingerprint density at radius 2 is 2.28 bits per heavy atom. The molecule has 0 spiro atoms. The van der Waals surface area contributed by atoms with Crippen LogP contribution in [0.3, 0.4) is 0 Å². The Labute approximate surface area is 149 Å². The quantitative estimate of drug-likeness (QED) is 0.425. The molecule has 1 saturated carbocycles. The number of guanidine groups is 1. The summed E-state index contributed by atoms with van der Waals surface area (Å²) in [7, 11) is 2.05. The van der Waals surface area contributed by atoms with Crippen LogP contribution < -0.4 is 5.32 Å². The number of aliphatic imine (C=N–C) groups is 1. The number of likely N-dealkylation sites (N-methyl/N-ethyl adjacent to an activating group) is 1. The molecule has 2 aromatic rings. The molecule has 7 heteroatoms. The molecule has 0 atom stereocenters. The maximum atomic E-state index is 5.72. The van der Waals surface area contributed by atoms with Gasteiger partial charge in [-0.15, -0.1) is 10.2 Å².